The van der Waals surface area contributed by atoms with Gasteiger partial charge in [0.2, 0.25) is 0 Å². The molecule has 4 nitrogen and oxygen atoms in total. The number of hydrogen-bond donors (Lipinski definition) is 2. The summed E-state index contributed by atoms with van der Waals surface area (Å²) >= 11 is 1.74. The number of thiophene rings is 1. The molecule has 3 N–H and O–H groups in total. The smallest absolute Gasteiger partial charge is 0.144 e. The van der Waals surface area contributed by atoms with Crippen molar-refractivity contribution in [1.82, 2.24) is 9.97 Å². The Kier molecular flexibility index (Phi) is 2.82. The first-order valence-corrected chi connectivity index (χ1v) is 5.48. The third-order valence-electron chi connectivity index (χ3n) is 2.07. The molecule has 2 aromatic rings. The fourth-order valence-electron chi connectivity index (χ4n) is 1.19. The highest BCUT2D eigenvalue weighted by atomic mass is 32.1. The molecular formula is C10H12N4S. The second-order valence-corrected chi connectivity index (χ2v) is 4.21. The van der Waals surface area contributed by atoms with Gasteiger partial charge in [-0.2, -0.15) is 0 Å². The number of aromatic nitrogens is 2. The molecular weight excluding hydrogens is 208 g/mol. The molecule has 2 aromatic heterocycles. The Balaban J connectivity index is 1.99. The topological polar surface area (TPSA) is 63.8 Å². The molecule has 0 aliphatic heterocycles. The van der Waals surface area contributed by atoms with Gasteiger partial charge in [0.1, 0.15) is 11.6 Å². The summed E-state index contributed by atoms with van der Waals surface area (Å²) in [6.45, 7) is 2.88. The summed E-state index contributed by atoms with van der Waals surface area (Å²) in [4.78, 5) is 9.38. The number of hydrogen-bond acceptors (Lipinski definition) is 5. The zero-order valence-corrected chi connectivity index (χ0v) is 9.21. The number of nitrogens with one attached hydrogen (secondary N) is 1. The Hall–Kier alpha value is -1.62. The molecule has 0 spiro atoms. The average molecular weight is 220 g/mol. The van der Waals surface area contributed by atoms with E-state index in [1.807, 2.05) is 0 Å². The first kappa shape index (κ1) is 9.92. The molecule has 5 heteroatoms. The molecule has 78 valence electrons. The molecule has 0 radical (unpaired) electrons. The van der Waals surface area contributed by atoms with E-state index in [2.05, 4.69) is 33.7 Å². The predicted molar refractivity (Wildman–Crippen MR) is 62.8 cm³/mol. The molecule has 0 fully saturated rings. The monoisotopic (exact) mass is 220 g/mol. The van der Waals surface area contributed by atoms with Crippen LogP contribution in [0, 0.1) is 6.92 Å². The van der Waals surface area contributed by atoms with Gasteiger partial charge in [0.25, 0.3) is 0 Å². The van der Waals surface area contributed by atoms with Gasteiger partial charge in [-0.25, -0.2) is 9.97 Å². The number of anilines is 2. The lowest BCUT2D eigenvalue weighted by Gasteiger charge is -2.04. The van der Waals surface area contributed by atoms with Crippen molar-refractivity contribution in [3.8, 4) is 0 Å². The highest BCUT2D eigenvalue weighted by Gasteiger charge is 2.00. The maximum absolute atomic E-state index is 5.44. The fourth-order valence-corrected chi connectivity index (χ4v) is 2.03. The zero-order chi connectivity index (χ0) is 10.7. The summed E-state index contributed by atoms with van der Waals surface area (Å²) in [5, 5.41) is 5.28. The quantitative estimate of drug-likeness (QED) is 0.830. The number of nitrogens with zero attached hydrogens (tertiary/aromatic N) is 2. The van der Waals surface area contributed by atoms with Crippen molar-refractivity contribution in [3.05, 3.63) is 34.3 Å². The van der Waals surface area contributed by atoms with E-state index in [0.29, 0.717) is 5.82 Å². The Morgan fingerprint density at radius 1 is 1.40 bits per heavy atom. The van der Waals surface area contributed by atoms with Gasteiger partial charge in [-0.3, -0.25) is 0 Å². The van der Waals surface area contributed by atoms with Gasteiger partial charge < -0.3 is 11.1 Å². The largest absolute Gasteiger partial charge is 0.382 e. The molecule has 0 aliphatic rings. The lowest BCUT2D eigenvalue weighted by Crippen LogP contribution is -2.02. The molecule has 15 heavy (non-hydrogen) atoms. The Labute approximate surface area is 92.2 Å². The summed E-state index contributed by atoms with van der Waals surface area (Å²) in [5.74, 6) is 1.19. The van der Waals surface area contributed by atoms with Crippen LogP contribution in [-0.2, 0) is 6.54 Å². The van der Waals surface area contributed by atoms with Gasteiger partial charge >= 0.3 is 0 Å². The van der Waals surface area contributed by atoms with Crippen LogP contribution in [0.4, 0.5) is 11.6 Å². The molecule has 0 aliphatic carbocycles. The molecule has 0 unspecified atom stereocenters. The second-order valence-electron chi connectivity index (χ2n) is 3.21. The van der Waals surface area contributed by atoms with Gasteiger partial charge in [0.15, 0.2) is 0 Å². The van der Waals surface area contributed by atoms with Crippen LogP contribution in [0.5, 0.6) is 0 Å². The van der Waals surface area contributed by atoms with E-state index in [0.717, 1.165) is 12.4 Å². The van der Waals surface area contributed by atoms with Crippen LogP contribution in [0.1, 0.15) is 10.4 Å². The van der Waals surface area contributed by atoms with E-state index >= 15 is 0 Å². The predicted octanol–water partition coefficient (Wildman–Crippen LogP) is 2.04. The Morgan fingerprint density at radius 3 is 2.87 bits per heavy atom. The minimum Gasteiger partial charge on any atom is -0.382 e. The van der Waals surface area contributed by atoms with Crippen molar-refractivity contribution in [2.24, 2.45) is 0 Å². The van der Waals surface area contributed by atoms with Crippen molar-refractivity contribution in [2.45, 2.75) is 13.5 Å². The van der Waals surface area contributed by atoms with Gasteiger partial charge in [-0.15, -0.1) is 11.3 Å². The second kappa shape index (κ2) is 4.27. The van der Waals surface area contributed by atoms with Crippen LogP contribution in [0.15, 0.2) is 23.8 Å². The van der Waals surface area contributed by atoms with Crippen LogP contribution >= 0.6 is 11.3 Å². The van der Waals surface area contributed by atoms with Crippen LogP contribution in [0.25, 0.3) is 0 Å². The lowest BCUT2D eigenvalue weighted by molar-refractivity contribution is 1.10. The van der Waals surface area contributed by atoms with Crippen LogP contribution < -0.4 is 11.1 Å². The van der Waals surface area contributed by atoms with Gasteiger partial charge in [0, 0.05) is 4.88 Å². The maximum Gasteiger partial charge on any atom is 0.144 e. The molecule has 0 bridgehead atoms. The zero-order valence-electron chi connectivity index (χ0n) is 8.40. The Bertz CT molecular complexity index is 435. The van der Waals surface area contributed by atoms with Crippen molar-refractivity contribution >= 4 is 23.0 Å². The van der Waals surface area contributed by atoms with Crippen LogP contribution in [-0.4, -0.2) is 9.97 Å². The number of aryl methyl sites for hydroxylation is 1. The summed E-state index contributed by atoms with van der Waals surface area (Å²) in [6, 6.07) is 2.11. The van der Waals surface area contributed by atoms with Gasteiger partial charge in [0.05, 0.1) is 18.9 Å². The molecule has 2 heterocycles. The Morgan fingerprint density at radius 2 is 2.27 bits per heavy atom. The average Bonchev–Trinajstić information content (AvgIpc) is 2.63. The molecule has 2 rings (SSSR count). The van der Waals surface area contributed by atoms with Crippen molar-refractivity contribution in [2.75, 3.05) is 11.1 Å². The molecule has 0 aromatic carbocycles. The highest BCUT2D eigenvalue weighted by Crippen LogP contribution is 2.16. The molecule has 0 atom stereocenters. The van der Waals surface area contributed by atoms with Crippen molar-refractivity contribution < 1.29 is 0 Å². The van der Waals surface area contributed by atoms with Crippen LogP contribution in [0.2, 0.25) is 0 Å². The van der Waals surface area contributed by atoms with Crippen molar-refractivity contribution in [1.29, 1.82) is 0 Å². The minimum absolute atomic E-state index is 0.438. The van der Waals surface area contributed by atoms with E-state index in [1.165, 1.54) is 10.4 Å². The standard InChI is InChI=1S/C10H12N4S/c1-7-2-3-15-8(7)4-13-10-6-12-9(11)5-14-10/h2-3,5-6H,4H2,1H3,(H2,11,12)(H,13,14). The fraction of sp³-hybridized carbons (Fsp3) is 0.200. The summed E-state index contributed by atoms with van der Waals surface area (Å²) in [6.07, 6.45) is 3.18. The molecule has 0 saturated carbocycles. The third kappa shape index (κ3) is 2.44. The summed E-state index contributed by atoms with van der Waals surface area (Å²) < 4.78 is 0. The minimum atomic E-state index is 0.438. The van der Waals surface area contributed by atoms with E-state index in [4.69, 9.17) is 5.73 Å². The molecule has 0 amide bonds. The lowest BCUT2D eigenvalue weighted by atomic mass is 10.3. The first-order valence-electron chi connectivity index (χ1n) is 4.60. The first-order chi connectivity index (χ1) is 7.25. The molecule has 0 saturated heterocycles. The highest BCUT2D eigenvalue weighted by molar-refractivity contribution is 7.10. The number of nitrogen functional groups attached to an aromatic ring is 1. The van der Waals surface area contributed by atoms with E-state index in [-0.39, 0.29) is 0 Å². The van der Waals surface area contributed by atoms with Crippen LogP contribution in [0.3, 0.4) is 0 Å². The third-order valence-corrected chi connectivity index (χ3v) is 3.09. The summed E-state index contributed by atoms with van der Waals surface area (Å²) in [7, 11) is 0. The van der Waals surface area contributed by atoms with Gasteiger partial charge in [-0.1, -0.05) is 0 Å². The normalized spacial score (nSPS) is 10.2. The van der Waals surface area contributed by atoms with Gasteiger partial charge in [-0.05, 0) is 23.9 Å². The van der Waals surface area contributed by atoms with E-state index in [9.17, 15) is 0 Å². The maximum atomic E-state index is 5.44. The summed E-state index contributed by atoms with van der Waals surface area (Å²) in [5.41, 5.74) is 6.74. The van der Waals surface area contributed by atoms with E-state index in [1.54, 1.807) is 23.7 Å². The van der Waals surface area contributed by atoms with Crippen molar-refractivity contribution in [3.63, 3.8) is 0 Å². The number of nitrogens with two attached hydrogens (primary N) is 1. The SMILES string of the molecule is Cc1ccsc1CNc1cnc(N)cn1. The number of rotatable bonds is 3. The van der Waals surface area contributed by atoms with E-state index < -0.39 is 0 Å².